The van der Waals surface area contributed by atoms with Crippen LogP contribution in [0.3, 0.4) is 0 Å². The summed E-state index contributed by atoms with van der Waals surface area (Å²) in [6, 6.07) is 4.47. The van der Waals surface area contributed by atoms with Gasteiger partial charge < -0.3 is 15.8 Å². The number of nitro groups is 1. The molecule has 0 bridgehead atoms. The second-order valence-electron chi connectivity index (χ2n) is 4.41. The van der Waals surface area contributed by atoms with E-state index in [-0.39, 0.29) is 5.69 Å². The molecule has 2 rings (SSSR count). The second-order valence-corrected chi connectivity index (χ2v) is 4.41. The molecule has 1 aromatic carbocycles. The maximum Gasteiger partial charge on any atom is 0.271 e. The molecule has 1 saturated heterocycles. The van der Waals surface area contributed by atoms with E-state index in [4.69, 9.17) is 10.5 Å². The van der Waals surface area contributed by atoms with Crippen molar-refractivity contribution in [2.75, 3.05) is 50.4 Å². The summed E-state index contributed by atoms with van der Waals surface area (Å²) in [5, 5.41) is 13.8. The first kappa shape index (κ1) is 13.6. The van der Waals surface area contributed by atoms with Crippen LogP contribution in [0, 0.1) is 10.1 Å². The van der Waals surface area contributed by atoms with E-state index in [1.807, 2.05) is 0 Å². The summed E-state index contributed by atoms with van der Waals surface area (Å²) >= 11 is 0. The number of ether oxygens (including phenoxy) is 1. The normalized spacial score (nSPS) is 16.2. The number of benzene rings is 1. The summed E-state index contributed by atoms with van der Waals surface area (Å²) in [6.45, 7) is 5.09. The summed E-state index contributed by atoms with van der Waals surface area (Å²) in [5.74, 6) is 0. The van der Waals surface area contributed by atoms with E-state index >= 15 is 0 Å². The first-order chi connectivity index (χ1) is 9.16. The number of anilines is 2. The summed E-state index contributed by atoms with van der Waals surface area (Å²) in [7, 11) is 0. The number of nitrogen functional groups attached to an aromatic ring is 1. The van der Waals surface area contributed by atoms with Gasteiger partial charge >= 0.3 is 0 Å². The molecule has 0 unspecified atom stereocenters. The third-order valence-corrected chi connectivity index (χ3v) is 3.09. The highest BCUT2D eigenvalue weighted by Crippen LogP contribution is 2.23. The highest BCUT2D eigenvalue weighted by Gasteiger charge is 2.11. The summed E-state index contributed by atoms with van der Waals surface area (Å²) < 4.78 is 5.27. The Bertz CT molecular complexity index is 447. The minimum atomic E-state index is -0.451. The molecule has 7 nitrogen and oxygen atoms in total. The van der Waals surface area contributed by atoms with Crippen LogP contribution >= 0.6 is 0 Å². The maximum absolute atomic E-state index is 10.6. The molecule has 0 aromatic heterocycles. The first-order valence-electron chi connectivity index (χ1n) is 6.25. The molecule has 19 heavy (non-hydrogen) atoms. The van der Waals surface area contributed by atoms with Crippen molar-refractivity contribution in [3.63, 3.8) is 0 Å². The Morgan fingerprint density at radius 3 is 2.79 bits per heavy atom. The highest BCUT2D eigenvalue weighted by atomic mass is 16.6. The Morgan fingerprint density at radius 1 is 1.42 bits per heavy atom. The van der Waals surface area contributed by atoms with Gasteiger partial charge in [0.05, 0.1) is 29.5 Å². The SMILES string of the molecule is Nc1cc([N+](=O)[O-])ccc1NCCN1CCOCC1. The van der Waals surface area contributed by atoms with Crippen LogP contribution in [0.25, 0.3) is 0 Å². The number of non-ortho nitro benzene ring substituents is 1. The second kappa shape index (κ2) is 6.35. The number of nitrogens with zero attached hydrogens (tertiary/aromatic N) is 2. The quantitative estimate of drug-likeness (QED) is 0.467. The molecule has 3 N–H and O–H groups in total. The molecule has 0 aliphatic carbocycles. The van der Waals surface area contributed by atoms with Gasteiger partial charge in [0.2, 0.25) is 0 Å². The fourth-order valence-electron chi connectivity index (χ4n) is 2.00. The Hall–Kier alpha value is -1.86. The zero-order valence-electron chi connectivity index (χ0n) is 10.7. The van der Waals surface area contributed by atoms with Crippen molar-refractivity contribution in [1.82, 2.24) is 4.90 Å². The van der Waals surface area contributed by atoms with Crippen LogP contribution in [0.2, 0.25) is 0 Å². The van der Waals surface area contributed by atoms with Crippen LogP contribution < -0.4 is 11.1 Å². The lowest BCUT2D eigenvalue weighted by molar-refractivity contribution is -0.384. The van der Waals surface area contributed by atoms with Gasteiger partial charge in [-0.15, -0.1) is 0 Å². The fourth-order valence-corrected chi connectivity index (χ4v) is 2.00. The first-order valence-corrected chi connectivity index (χ1v) is 6.25. The molecule has 7 heteroatoms. The number of morpholine rings is 1. The Balaban J connectivity index is 1.83. The molecule has 0 spiro atoms. The lowest BCUT2D eigenvalue weighted by atomic mass is 10.2. The van der Waals surface area contributed by atoms with Gasteiger partial charge in [-0.05, 0) is 6.07 Å². The summed E-state index contributed by atoms with van der Waals surface area (Å²) in [4.78, 5) is 12.4. The predicted molar refractivity (Wildman–Crippen MR) is 73.3 cm³/mol. The van der Waals surface area contributed by atoms with Crippen LogP contribution in [0.4, 0.5) is 17.1 Å². The van der Waals surface area contributed by atoms with Gasteiger partial charge in [0.15, 0.2) is 0 Å². The van der Waals surface area contributed by atoms with Gasteiger partial charge in [0.1, 0.15) is 0 Å². The van der Waals surface area contributed by atoms with Gasteiger partial charge in [-0.3, -0.25) is 15.0 Å². The average molecular weight is 266 g/mol. The van der Waals surface area contributed by atoms with Crippen molar-refractivity contribution in [2.45, 2.75) is 0 Å². The van der Waals surface area contributed by atoms with Crippen molar-refractivity contribution in [1.29, 1.82) is 0 Å². The summed E-state index contributed by atoms with van der Waals surface area (Å²) in [5.41, 5.74) is 6.92. The molecular weight excluding hydrogens is 248 g/mol. The number of rotatable bonds is 5. The van der Waals surface area contributed by atoms with Crippen molar-refractivity contribution >= 4 is 17.1 Å². The van der Waals surface area contributed by atoms with Crippen molar-refractivity contribution < 1.29 is 9.66 Å². The molecule has 1 fully saturated rings. The maximum atomic E-state index is 10.6. The van der Waals surface area contributed by atoms with Gasteiger partial charge in [-0.2, -0.15) is 0 Å². The lowest BCUT2D eigenvalue weighted by Gasteiger charge is -2.26. The van der Waals surface area contributed by atoms with Gasteiger partial charge in [-0.1, -0.05) is 0 Å². The highest BCUT2D eigenvalue weighted by molar-refractivity contribution is 5.69. The smallest absolute Gasteiger partial charge is 0.271 e. The van der Waals surface area contributed by atoms with E-state index < -0.39 is 4.92 Å². The molecule has 1 aliphatic heterocycles. The number of hydrogen-bond donors (Lipinski definition) is 2. The third-order valence-electron chi connectivity index (χ3n) is 3.09. The number of nitro benzene ring substituents is 1. The van der Waals surface area contributed by atoms with Crippen LogP contribution in [-0.2, 0) is 4.74 Å². The number of hydrogen-bond acceptors (Lipinski definition) is 6. The standard InChI is InChI=1S/C12H18N4O3/c13-11-9-10(16(17)18)1-2-12(11)14-3-4-15-5-7-19-8-6-15/h1-2,9,14H,3-8,13H2. The average Bonchev–Trinajstić information content (AvgIpc) is 2.41. The van der Waals surface area contributed by atoms with Crippen molar-refractivity contribution in [3.05, 3.63) is 28.3 Å². The molecule has 1 heterocycles. The number of nitrogens with two attached hydrogens (primary N) is 1. The Kier molecular flexibility index (Phi) is 4.53. The van der Waals surface area contributed by atoms with E-state index in [2.05, 4.69) is 10.2 Å². The van der Waals surface area contributed by atoms with E-state index in [0.717, 1.165) is 45.1 Å². The monoisotopic (exact) mass is 266 g/mol. The fraction of sp³-hybridized carbons (Fsp3) is 0.500. The van der Waals surface area contributed by atoms with E-state index in [1.54, 1.807) is 6.07 Å². The Morgan fingerprint density at radius 2 is 2.16 bits per heavy atom. The third kappa shape index (κ3) is 3.80. The molecule has 0 saturated carbocycles. The molecule has 1 aromatic rings. The topological polar surface area (TPSA) is 93.7 Å². The van der Waals surface area contributed by atoms with Crippen LogP contribution in [0.15, 0.2) is 18.2 Å². The Labute approximate surface area is 111 Å². The van der Waals surface area contributed by atoms with Crippen molar-refractivity contribution in [3.8, 4) is 0 Å². The van der Waals surface area contributed by atoms with Crippen LogP contribution in [0.5, 0.6) is 0 Å². The molecule has 104 valence electrons. The largest absolute Gasteiger partial charge is 0.397 e. The van der Waals surface area contributed by atoms with Crippen LogP contribution in [-0.4, -0.2) is 49.2 Å². The number of nitrogens with one attached hydrogen (secondary N) is 1. The molecular formula is C12H18N4O3. The van der Waals surface area contributed by atoms with E-state index in [9.17, 15) is 10.1 Å². The molecule has 0 radical (unpaired) electrons. The summed E-state index contributed by atoms with van der Waals surface area (Å²) in [6.07, 6.45) is 0. The van der Waals surface area contributed by atoms with Gasteiger partial charge in [0.25, 0.3) is 5.69 Å². The van der Waals surface area contributed by atoms with E-state index in [0.29, 0.717) is 5.69 Å². The zero-order chi connectivity index (χ0) is 13.7. The predicted octanol–water partition coefficient (Wildman–Crippen LogP) is 0.921. The van der Waals surface area contributed by atoms with Crippen LogP contribution in [0.1, 0.15) is 0 Å². The van der Waals surface area contributed by atoms with Gasteiger partial charge in [0, 0.05) is 38.3 Å². The minimum absolute atomic E-state index is 0.0104. The van der Waals surface area contributed by atoms with Crippen molar-refractivity contribution in [2.24, 2.45) is 0 Å². The zero-order valence-corrected chi connectivity index (χ0v) is 10.7. The van der Waals surface area contributed by atoms with E-state index in [1.165, 1.54) is 12.1 Å². The lowest BCUT2D eigenvalue weighted by Crippen LogP contribution is -2.39. The molecule has 0 amide bonds. The molecule has 1 aliphatic rings. The van der Waals surface area contributed by atoms with Gasteiger partial charge in [-0.25, -0.2) is 0 Å². The minimum Gasteiger partial charge on any atom is -0.397 e. The molecule has 0 atom stereocenters.